The summed E-state index contributed by atoms with van der Waals surface area (Å²) in [7, 11) is 0. The molecule has 0 atom stereocenters. The monoisotopic (exact) mass is 387 g/mol. The Morgan fingerprint density at radius 3 is 2.71 bits per heavy atom. The van der Waals surface area contributed by atoms with Crippen LogP contribution in [0.2, 0.25) is 0 Å². The lowest BCUT2D eigenvalue weighted by molar-refractivity contribution is -0.117. The van der Waals surface area contributed by atoms with Gasteiger partial charge in [-0.15, -0.1) is 0 Å². The summed E-state index contributed by atoms with van der Waals surface area (Å²) in [4.78, 5) is 20.6. The van der Waals surface area contributed by atoms with E-state index in [1.165, 1.54) is 12.1 Å². The van der Waals surface area contributed by atoms with Gasteiger partial charge in [-0.1, -0.05) is 12.1 Å². The summed E-state index contributed by atoms with van der Waals surface area (Å²) in [5.41, 5.74) is 0.764. The van der Waals surface area contributed by atoms with E-state index in [0.717, 1.165) is 5.82 Å². The Kier molecular flexibility index (Phi) is 6.34. The number of hydrogen-bond acceptors (Lipinski definition) is 6. The molecule has 0 unspecified atom stereocenters. The molecule has 0 bridgehead atoms. The van der Waals surface area contributed by atoms with E-state index in [1.807, 2.05) is 4.90 Å². The number of halogens is 2. The summed E-state index contributed by atoms with van der Waals surface area (Å²) in [6.45, 7) is -0.204. The first-order valence-electron chi connectivity index (χ1n) is 8.72. The van der Waals surface area contributed by atoms with E-state index in [1.54, 1.807) is 30.5 Å². The number of hydrogen-bond donors (Lipinski definition) is 1. The summed E-state index contributed by atoms with van der Waals surface area (Å²) in [6, 6.07) is 11.6. The van der Waals surface area contributed by atoms with Crippen molar-refractivity contribution in [3.8, 4) is 11.8 Å². The van der Waals surface area contributed by atoms with Crippen molar-refractivity contribution in [1.82, 2.24) is 9.88 Å². The average Bonchev–Trinajstić information content (AvgIpc) is 2.70. The second-order valence-corrected chi connectivity index (χ2v) is 6.20. The molecule has 1 aromatic heterocycles. The zero-order valence-corrected chi connectivity index (χ0v) is 15.0. The van der Waals surface area contributed by atoms with Gasteiger partial charge in [0, 0.05) is 32.4 Å². The molecule has 1 amide bonds. The van der Waals surface area contributed by atoms with E-state index in [9.17, 15) is 13.6 Å². The molecule has 28 heavy (non-hydrogen) atoms. The maximum Gasteiger partial charge on any atom is 0.387 e. The van der Waals surface area contributed by atoms with Gasteiger partial charge in [0.25, 0.3) is 0 Å². The van der Waals surface area contributed by atoms with Gasteiger partial charge < -0.3 is 15.0 Å². The van der Waals surface area contributed by atoms with Crippen LogP contribution in [0, 0.1) is 11.3 Å². The maximum absolute atomic E-state index is 12.5. The van der Waals surface area contributed by atoms with Gasteiger partial charge >= 0.3 is 6.61 Å². The largest absolute Gasteiger partial charge is 0.433 e. The quantitative estimate of drug-likeness (QED) is 0.819. The molecule has 1 fully saturated rings. The lowest BCUT2D eigenvalue weighted by atomic mass is 10.2. The van der Waals surface area contributed by atoms with E-state index < -0.39 is 6.61 Å². The Morgan fingerprint density at radius 2 is 2.00 bits per heavy atom. The lowest BCUT2D eigenvalue weighted by Crippen LogP contribution is -2.49. The minimum absolute atomic E-state index is 0.0703. The first-order chi connectivity index (χ1) is 13.5. The number of para-hydroxylation sites is 2. The highest BCUT2D eigenvalue weighted by atomic mass is 19.3. The van der Waals surface area contributed by atoms with Gasteiger partial charge in [-0.05, 0) is 24.3 Å². The van der Waals surface area contributed by atoms with Gasteiger partial charge in [0.15, 0.2) is 0 Å². The van der Waals surface area contributed by atoms with Crippen molar-refractivity contribution < 1.29 is 18.3 Å². The number of carbonyl (C=O) groups is 1. The van der Waals surface area contributed by atoms with Crippen LogP contribution in [0.5, 0.6) is 5.75 Å². The van der Waals surface area contributed by atoms with Crippen LogP contribution >= 0.6 is 0 Å². The Labute approximate surface area is 161 Å². The third-order valence-electron chi connectivity index (χ3n) is 4.32. The highest BCUT2D eigenvalue weighted by molar-refractivity contribution is 5.93. The van der Waals surface area contributed by atoms with Crippen molar-refractivity contribution in [3.05, 3.63) is 48.2 Å². The smallest absolute Gasteiger partial charge is 0.387 e. The average molecular weight is 387 g/mol. The summed E-state index contributed by atoms with van der Waals surface area (Å²) in [5, 5.41) is 11.6. The third kappa shape index (κ3) is 5.14. The van der Waals surface area contributed by atoms with E-state index in [0.29, 0.717) is 31.7 Å². The number of ether oxygens (including phenoxy) is 1. The van der Waals surface area contributed by atoms with E-state index in [-0.39, 0.29) is 23.9 Å². The molecule has 0 saturated carbocycles. The molecule has 1 aromatic carbocycles. The normalized spacial score (nSPS) is 14.6. The van der Waals surface area contributed by atoms with Crippen LogP contribution in [0.1, 0.15) is 5.56 Å². The van der Waals surface area contributed by atoms with Crippen LogP contribution in [-0.4, -0.2) is 55.1 Å². The van der Waals surface area contributed by atoms with Crippen LogP contribution in [0.4, 0.5) is 20.3 Å². The fourth-order valence-corrected chi connectivity index (χ4v) is 2.96. The molecule has 3 rings (SSSR count). The first kappa shape index (κ1) is 19.5. The topological polar surface area (TPSA) is 81.5 Å². The minimum atomic E-state index is -2.96. The number of alkyl halides is 2. The highest BCUT2D eigenvalue weighted by Crippen LogP contribution is 2.25. The summed E-state index contributed by atoms with van der Waals surface area (Å²) >= 11 is 0. The van der Waals surface area contributed by atoms with Crippen molar-refractivity contribution in [2.75, 3.05) is 42.9 Å². The second kappa shape index (κ2) is 9.10. The number of nitrogens with zero attached hydrogens (tertiary/aromatic N) is 4. The third-order valence-corrected chi connectivity index (χ3v) is 4.32. The minimum Gasteiger partial charge on any atom is -0.433 e. The number of pyridine rings is 1. The molecular weight excluding hydrogens is 368 g/mol. The SMILES string of the molecule is N#Cc1ccnc(N2CCN(CC(=O)Nc3ccccc3OC(F)F)CC2)c1. The number of carbonyl (C=O) groups excluding carboxylic acids is 1. The van der Waals surface area contributed by atoms with E-state index in [2.05, 4.69) is 26.0 Å². The number of anilines is 2. The molecule has 9 heteroatoms. The number of nitrogens with one attached hydrogen (secondary N) is 1. The van der Waals surface area contributed by atoms with Gasteiger partial charge in [0.2, 0.25) is 5.91 Å². The summed E-state index contributed by atoms with van der Waals surface area (Å²) < 4.78 is 29.3. The fraction of sp³-hybridized carbons (Fsp3) is 0.316. The van der Waals surface area contributed by atoms with Crippen LogP contribution in [0.15, 0.2) is 42.6 Å². The lowest BCUT2D eigenvalue weighted by Gasteiger charge is -2.35. The Balaban J connectivity index is 1.52. The van der Waals surface area contributed by atoms with Crippen LogP contribution < -0.4 is 15.0 Å². The molecular formula is C19H19F2N5O2. The molecule has 0 spiro atoms. The van der Waals surface area contributed by atoms with Crippen molar-refractivity contribution in [2.45, 2.75) is 6.61 Å². The van der Waals surface area contributed by atoms with Gasteiger partial charge in [-0.25, -0.2) is 4.98 Å². The number of benzene rings is 1. The van der Waals surface area contributed by atoms with Gasteiger partial charge in [-0.2, -0.15) is 14.0 Å². The maximum atomic E-state index is 12.5. The Hall–Kier alpha value is -3.25. The molecule has 2 heterocycles. The number of piperazine rings is 1. The molecule has 1 N–H and O–H groups in total. The molecule has 1 saturated heterocycles. The van der Waals surface area contributed by atoms with Gasteiger partial charge in [0.1, 0.15) is 11.6 Å². The highest BCUT2D eigenvalue weighted by Gasteiger charge is 2.21. The van der Waals surface area contributed by atoms with Crippen molar-refractivity contribution in [3.63, 3.8) is 0 Å². The molecule has 0 aliphatic carbocycles. The van der Waals surface area contributed by atoms with E-state index in [4.69, 9.17) is 5.26 Å². The fourth-order valence-electron chi connectivity index (χ4n) is 2.96. The van der Waals surface area contributed by atoms with Gasteiger partial charge in [-0.3, -0.25) is 9.69 Å². The predicted molar refractivity (Wildman–Crippen MR) is 99.3 cm³/mol. The molecule has 1 aliphatic rings. The first-order valence-corrected chi connectivity index (χ1v) is 8.72. The number of aromatic nitrogens is 1. The van der Waals surface area contributed by atoms with Crippen LogP contribution in [0.25, 0.3) is 0 Å². The zero-order valence-electron chi connectivity index (χ0n) is 15.0. The van der Waals surface area contributed by atoms with Crippen LogP contribution in [-0.2, 0) is 4.79 Å². The number of nitriles is 1. The standard InChI is InChI=1S/C19H19F2N5O2/c20-19(21)28-16-4-2-1-3-15(16)24-18(27)13-25-7-9-26(10-8-25)17-11-14(12-22)5-6-23-17/h1-6,11,19H,7-10,13H2,(H,24,27). The predicted octanol–water partition coefficient (Wildman–Crippen LogP) is 2.32. The summed E-state index contributed by atoms with van der Waals surface area (Å²) in [6.07, 6.45) is 1.60. The van der Waals surface area contributed by atoms with Crippen molar-refractivity contribution in [1.29, 1.82) is 5.26 Å². The summed E-state index contributed by atoms with van der Waals surface area (Å²) in [5.74, 6) is 0.365. The Morgan fingerprint density at radius 1 is 1.25 bits per heavy atom. The zero-order chi connectivity index (χ0) is 19.9. The van der Waals surface area contributed by atoms with Crippen molar-refractivity contribution >= 4 is 17.4 Å². The second-order valence-electron chi connectivity index (χ2n) is 6.20. The number of rotatable bonds is 6. The van der Waals surface area contributed by atoms with Gasteiger partial charge in [0.05, 0.1) is 23.9 Å². The Bertz CT molecular complexity index is 863. The molecule has 7 nitrogen and oxygen atoms in total. The van der Waals surface area contributed by atoms with E-state index >= 15 is 0 Å². The number of amides is 1. The molecule has 146 valence electrons. The molecule has 0 radical (unpaired) electrons. The van der Waals surface area contributed by atoms with Crippen LogP contribution in [0.3, 0.4) is 0 Å². The molecule has 2 aromatic rings. The molecule has 1 aliphatic heterocycles. The van der Waals surface area contributed by atoms with Crippen molar-refractivity contribution in [2.24, 2.45) is 0 Å².